The average molecular weight is 269 g/mol. The first-order valence-electron chi connectivity index (χ1n) is 6.44. The molecule has 0 radical (unpaired) electrons. The van der Waals surface area contributed by atoms with Gasteiger partial charge in [-0.1, -0.05) is 32.0 Å². The van der Waals surface area contributed by atoms with Crippen molar-refractivity contribution in [3.63, 3.8) is 0 Å². The van der Waals surface area contributed by atoms with Crippen LogP contribution in [-0.2, 0) is 0 Å². The Bertz CT molecular complexity index is 750. The molecule has 0 saturated carbocycles. The first-order chi connectivity index (χ1) is 9.66. The minimum atomic E-state index is 0.367. The van der Waals surface area contributed by atoms with Gasteiger partial charge in [0, 0.05) is 0 Å². The van der Waals surface area contributed by atoms with Crippen molar-refractivity contribution in [3.8, 4) is 11.5 Å². The normalized spacial score (nSPS) is 11.2. The monoisotopic (exact) mass is 269 g/mol. The van der Waals surface area contributed by atoms with Crippen LogP contribution in [0.3, 0.4) is 0 Å². The lowest BCUT2D eigenvalue weighted by molar-refractivity contribution is 0.314. The van der Waals surface area contributed by atoms with Crippen LogP contribution in [0, 0.1) is 0 Å². The summed E-state index contributed by atoms with van der Waals surface area (Å²) in [5.74, 6) is 1.76. The van der Waals surface area contributed by atoms with Crippen LogP contribution >= 0.6 is 0 Å². The lowest BCUT2D eigenvalue weighted by Gasteiger charge is -2.13. The molecule has 0 aliphatic rings. The predicted molar refractivity (Wildman–Crippen MR) is 76.8 cm³/mol. The number of benzene rings is 2. The van der Waals surface area contributed by atoms with E-state index in [4.69, 9.17) is 15.1 Å². The summed E-state index contributed by atoms with van der Waals surface area (Å²) in [6.07, 6.45) is 0. The topological polar surface area (TPSA) is 74.2 Å². The van der Waals surface area contributed by atoms with Crippen molar-refractivity contribution in [2.45, 2.75) is 19.8 Å². The first kappa shape index (κ1) is 12.5. The smallest absolute Gasteiger partial charge is 0.179 e. The average Bonchev–Trinajstić information content (AvgIpc) is 2.93. The van der Waals surface area contributed by atoms with Crippen molar-refractivity contribution in [1.29, 1.82) is 0 Å². The van der Waals surface area contributed by atoms with Gasteiger partial charge in [0.15, 0.2) is 16.8 Å². The number of nitrogens with two attached hydrogens (primary N) is 1. The molecule has 0 aliphatic heterocycles. The second-order valence-electron chi connectivity index (χ2n) is 4.91. The van der Waals surface area contributed by atoms with Crippen molar-refractivity contribution in [2.24, 2.45) is 0 Å². The number of ether oxygens (including phenoxy) is 1. The molecule has 0 fully saturated rings. The summed E-state index contributed by atoms with van der Waals surface area (Å²) in [5.41, 5.74) is 8.52. The highest BCUT2D eigenvalue weighted by molar-refractivity contribution is 5.90. The SMILES string of the molecule is CC(C)c1ccccc1Oc1ccc(N)c2nonc12. The summed E-state index contributed by atoms with van der Waals surface area (Å²) >= 11 is 0. The maximum Gasteiger partial charge on any atom is 0.179 e. The third kappa shape index (κ3) is 2.07. The summed E-state index contributed by atoms with van der Waals surface area (Å²) in [7, 11) is 0. The summed E-state index contributed by atoms with van der Waals surface area (Å²) in [4.78, 5) is 0. The van der Waals surface area contributed by atoms with E-state index in [1.165, 1.54) is 0 Å². The van der Waals surface area contributed by atoms with Crippen molar-refractivity contribution < 1.29 is 9.37 Å². The zero-order valence-corrected chi connectivity index (χ0v) is 11.3. The van der Waals surface area contributed by atoms with E-state index in [0.29, 0.717) is 28.4 Å². The number of rotatable bonds is 3. The van der Waals surface area contributed by atoms with Gasteiger partial charge in [0.1, 0.15) is 5.75 Å². The first-order valence-corrected chi connectivity index (χ1v) is 6.44. The molecule has 2 aromatic carbocycles. The van der Waals surface area contributed by atoms with Gasteiger partial charge in [-0.15, -0.1) is 0 Å². The Kier molecular flexibility index (Phi) is 3.02. The molecule has 0 unspecified atom stereocenters. The van der Waals surface area contributed by atoms with Gasteiger partial charge >= 0.3 is 0 Å². The third-order valence-corrected chi connectivity index (χ3v) is 3.17. The van der Waals surface area contributed by atoms with E-state index in [0.717, 1.165) is 11.3 Å². The van der Waals surface area contributed by atoms with E-state index in [1.807, 2.05) is 18.2 Å². The summed E-state index contributed by atoms with van der Waals surface area (Å²) in [6.45, 7) is 4.25. The number of fused-ring (bicyclic) bond motifs is 1. The highest BCUT2D eigenvalue weighted by Gasteiger charge is 2.14. The second kappa shape index (κ2) is 4.85. The summed E-state index contributed by atoms with van der Waals surface area (Å²) in [5, 5.41) is 7.65. The van der Waals surface area contributed by atoms with Crippen LogP contribution in [0.25, 0.3) is 11.0 Å². The van der Waals surface area contributed by atoms with Gasteiger partial charge in [-0.25, -0.2) is 4.63 Å². The second-order valence-corrected chi connectivity index (χ2v) is 4.91. The summed E-state index contributed by atoms with van der Waals surface area (Å²) in [6, 6.07) is 11.4. The third-order valence-electron chi connectivity index (χ3n) is 3.17. The Balaban J connectivity index is 2.06. The van der Waals surface area contributed by atoms with Gasteiger partial charge in [-0.05, 0) is 40.0 Å². The fourth-order valence-electron chi connectivity index (χ4n) is 2.11. The number of hydrogen-bond donors (Lipinski definition) is 1. The largest absolute Gasteiger partial charge is 0.455 e. The van der Waals surface area contributed by atoms with Crippen molar-refractivity contribution in [3.05, 3.63) is 42.0 Å². The molecule has 3 aromatic rings. The molecule has 5 nitrogen and oxygen atoms in total. The van der Waals surface area contributed by atoms with Gasteiger partial charge in [0.25, 0.3) is 0 Å². The predicted octanol–water partition coefficient (Wildman–Crippen LogP) is 3.72. The number of para-hydroxylation sites is 1. The standard InChI is InChI=1S/C15H15N3O2/c1-9(2)10-5-3-4-6-12(10)19-13-8-7-11(16)14-15(13)18-20-17-14/h3-9H,16H2,1-2H3. The van der Waals surface area contributed by atoms with Gasteiger partial charge < -0.3 is 10.5 Å². The van der Waals surface area contributed by atoms with Gasteiger partial charge in [-0.3, -0.25) is 0 Å². The molecule has 0 amide bonds. The molecule has 2 N–H and O–H groups in total. The molecule has 20 heavy (non-hydrogen) atoms. The summed E-state index contributed by atoms with van der Waals surface area (Å²) < 4.78 is 10.7. The minimum Gasteiger partial charge on any atom is -0.455 e. The molecule has 0 bridgehead atoms. The molecule has 0 spiro atoms. The number of hydrogen-bond acceptors (Lipinski definition) is 5. The highest BCUT2D eigenvalue weighted by Crippen LogP contribution is 2.34. The van der Waals surface area contributed by atoms with Crippen LogP contribution < -0.4 is 10.5 Å². The van der Waals surface area contributed by atoms with Crippen LogP contribution in [0.5, 0.6) is 11.5 Å². The van der Waals surface area contributed by atoms with E-state index in [-0.39, 0.29) is 0 Å². The quantitative estimate of drug-likeness (QED) is 0.733. The molecular formula is C15H15N3O2. The van der Waals surface area contributed by atoms with Crippen LogP contribution in [0.2, 0.25) is 0 Å². The zero-order valence-electron chi connectivity index (χ0n) is 11.3. The molecule has 102 valence electrons. The zero-order chi connectivity index (χ0) is 14.1. The number of nitrogen functional groups attached to an aromatic ring is 1. The molecule has 0 atom stereocenters. The Hall–Kier alpha value is -2.56. The maximum absolute atomic E-state index is 5.98. The minimum absolute atomic E-state index is 0.367. The van der Waals surface area contributed by atoms with Gasteiger partial charge in [0.05, 0.1) is 5.69 Å². The molecule has 3 rings (SSSR count). The molecule has 0 saturated heterocycles. The fourth-order valence-corrected chi connectivity index (χ4v) is 2.11. The van der Waals surface area contributed by atoms with Crippen molar-refractivity contribution in [2.75, 3.05) is 5.73 Å². The highest BCUT2D eigenvalue weighted by atomic mass is 16.6. The van der Waals surface area contributed by atoms with Crippen LogP contribution in [0.4, 0.5) is 5.69 Å². The molecule has 1 heterocycles. The molecule has 5 heteroatoms. The van der Waals surface area contributed by atoms with Gasteiger partial charge in [0.2, 0.25) is 0 Å². The van der Waals surface area contributed by atoms with Crippen molar-refractivity contribution in [1.82, 2.24) is 10.3 Å². The van der Waals surface area contributed by atoms with Crippen LogP contribution in [0.15, 0.2) is 41.0 Å². The van der Waals surface area contributed by atoms with Crippen LogP contribution in [-0.4, -0.2) is 10.3 Å². The lowest BCUT2D eigenvalue weighted by Crippen LogP contribution is -1.95. The van der Waals surface area contributed by atoms with E-state index in [9.17, 15) is 0 Å². The Morgan fingerprint density at radius 3 is 2.55 bits per heavy atom. The van der Waals surface area contributed by atoms with Gasteiger partial charge in [-0.2, -0.15) is 0 Å². The fraction of sp³-hybridized carbons (Fsp3) is 0.200. The Morgan fingerprint density at radius 1 is 1.00 bits per heavy atom. The number of aromatic nitrogens is 2. The van der Waals surface area contributed by atoms with E-state index < -0.39 is 0 Å². The molecule has 0 aliphatic carbocycles. The van der Waals surface area contributed by atoms with Crippen LogP contribution in [0.1, 0.15) is 25.3 Å². The molecule has 1 aromatic heterocycles. The maximum atomic E-state index is 5.98. The number of anilines is 1. The van der Waals surface area contributed by atoms with E-state index in [2.05, 4.69) is 30.2 Å². The Morgan fingerprint density at radius 2 is 1.75 bits per heavy atom. The van der Waals surface area contributed by atoms with E-state index >= 15 is 0 Å². The number of nitrogens with zero attached hydrogens (tertiary/aromatic N) is 2. The van der Waals surface area contributed by atoms with E-state index in [1.54, 1.807) is 12.1 Å². The lowest BCUT2D eigenvalue weighted by atomic mass is 10.0. The molecular weight excluding hydrogens is 254 g/mol. The Labute approximate surface area is 116 Å². The van der Waals surface area contributed by atoms with Crippen molar-refractivity contribution >= 4 is 16.7 Å².